The number of rotatable bonds is 2. The van der Waals surface area contributed by atoms with Gasteiger partial charge in [0.1, 0.15) is 10.4 Å². The number of hydrogen-bond acceptors (Lipinski definition) is 4. The summed E-state index contributed by atoms with van der Waals surface area (Å²) < 4.78 is 0.783. The molecule has 18 heavy (non-hydrogen) atoms. The maximum Gasteiger partial charge on any atom is 0.263 e. The largest absolute Gasteiger partial charge is 0.333 e. The van der Waals surface area contributed by atoms with Gasteiger partial charge in [0, 0.05) is 17.6 Å². The number of carbonyl (C=O) groups is 1. The molecule has 0 bridgehead atoms. The van der Waals surface area contributed by atoms with Crippen molar-refractivity contribution in [1.82, 2.24) is 10.2 Å². The predicted molar refractivity (Wildman–Crippen MR) is 74.6 cm³/mol. The van der Waals surface area contributed by atoms with Gasteiger partial charge in [0.05, 0.1) is 6.07 Å². The summed E-state index contributed by atoms with van der Waals surface area (Å²) in [6.07, 6.45) is 1.35. The van der Waals surface area contributed by atoms with Crippen molar-refractivity contribution in [3.63, 3.8) is 0 Å². The molecule has 1 N–H and O–H groups in total. The molecule has 6 heteroatoms. The second-order valence-electron chi connectivity index (χ2n) is 4.55. The van der Waals surface area contributed by atoms with Crippen molar-refractivity contribution in [2.45, 2.75) is 18.4 Å². The molecule has 0 atom stereocenters. The molecule has 1 fully saturated rings. The highest BCUT2D eigenvalue weighted by Crippen LogP contribution is 2.26. The van der Waals surface area contributed by atoms with Gasteiger partial charge < -0.3 is 10.2 Å². The maximum absolute atomic E-state index is 12.1. The molecule has 96 valence electrons. The zero-order valence-corrected chi connectivity index (χ0v) is 12.5. The number of hydrogen-bond donors (Lipinski definition) is 1. The minimum Gasteiger partial charge on any atom is -0.333 e. The quantitative estimate of drug-likeness (QED) is 0.906. The SMILES string of the molecule is CN1CCC(C#N)(NC(=O)c2sccc2Br)CC1. The lowest BCUT2D eigenvalue weighted by Crippen LogP contribution is -2.53. The molecule has 4 nitrogen and oxygen atoms in total. The topological polar surface area (TPSA) is 56.1 Å². The van der Waals surface area contributed by atoms with Crippen LogP contribution in [0.5, 0.6) is 0 Å². The van der Waals surface area contributed by atoms with Crippen molar-refractivity contribution < 1.29 is 4.79 Å². The third kappa shape index (κ3) is 2.74. The van der Waals surface area contributed by atoms with Gasteiger partial charge in [-0.1, -0.05) is 0 Å². The van der Waals surface area contributed by atoms with Crippen LogP contribution >= 0.6 is 27.3 Å². The molecule has 0 saturated carbocycles. The average molecular weight is 328 g/mol. The van der Waals surface area contributed by atoms with Crippen LogP contribution in [0.4, 0.5) is 0 Å². The van der Waals surface area contributed by atoms with Crippen molar-refractivity contribution in [1.29, 1.82) is 5.26 Å². The molecule has 1 aliphatic rings. The molecule has 0 unspecified atom stereocenters. The van der Waals surface area contributed by atoms with Gasteiger partial charge in [-0.3, -0.25) is 4.79 Å². The maximum atomic E-state index is 12.1. The van der Waals surface area contributed by atoms with Gasteiger partial charge in [-0.05, 0) is 47.3 Å². The molecule has 1 aromatic heterocycles. The van der Waals surface area contributed by atoms with E-state index in [1.165, 1.54) is 11.3 Å². The zero-order chi connectivity index (χ0) is 13.2. The highest BCUT2D eigenvalue weighted by molar-refractivity contribution is 9.10. The number of halogens is 1. The van der Waals surface area contributed by atoms with Crippen LogP contribution in [-0.4, -0.2) is 36.5 Å². The van der Waals surface area contributed by atoms with Crippen LogP contribution in [0.2, 0.25) is 0 Å². The van der Waals surface area contributed by atoms with Crippen LogP contribution in [0.3, 0.4) is 0 Å². The highest BCUT2D eigenvalue weighted by atomic mass is 79.9. The van der Waals surface area contributed by atoms with E-state index in [-0.39, 0.29) is 5.91 Å². The van der Waals surface area contributed by atoms with Gasteiger partial charge in [-0.2, -0.15) is 5.26 Å². The van der Waals surface area contributed by atoms with Crippen LogP contribution in [0.1, 0.15) is 22.5 Å². The number of nitrogens with one attached hydrogen (secondary N) is 1. The molecule has 1 amide bonds. The molecule has 0 aromatic carbocycles. The number of likely N-dealkylation sites (tertiary alicyclic amines) is 1. The van der Waals surface area contributed by atoms with Crippen molar-refractivity contribution in [2.24, 2.45) is 0 Å². The summed E-state index contributed by atoms with van der Waals surface area (Å²) in [5.41, 5.74) is -0.715. The van der Waals surface area contributed by atoms with Crippen molar-refractivity contribution in [3.8, 4) is 6.07 Å². The fourth-order valence-corrected chi connectivity index (χ4v) is 3.44. The van der Waals surface area contributed by atoms with E-state index in [0.29, 0.717) is 17.7 Å². The monoisotopic (exact) mass is 327 g/mol. The molecular formula is C12H14BrN3OS. The van der Waals surface area contributed by atoms with Crippen LogP contribution in [0, 0.1) is 11.3 Å². The number of nitrogens with zero attached hydrogens (tertiary/aromatic N) is 2. The van der Waals surface area contributed by atoms with E-state index in [4.69, 9.17) is 0 Å². The number of carbonyl (C=O) groups excluding carboxylic acids is 1. The number of amides is 1. The van der Waals surface area contributed by atoms with Crippen molar-refractivity contribution >= 4 is 33.2 Å². The predicted octanol–water partition coefficient (Wildman–Crippen LogP) is 2.23. The summed E-state index contributed by atoms with van der Waals surface area (Å²) in [4.78, 5) is 14.9. The molecule has 0 radical (unpaired) electrons. The number of nitriles is 1. The summed E-state index contributed by atoms with van der Waals surface area (Å²) in [7, 11) is 2.03. The van der Waals surface area contributed by atoms with Crippen molar-refractivity contribution in [2.75, 3.05) is 20.1 Å². The Kier molecular flexibility index (Phi) is 4.05. The molecule has 1 aliphatic heterocycles. The minimum atomic E-state index is -0.715. The van der Waals surface area contributed by atoms with Crippen molar-refractivity contribution in [3.05, 3.63) is 20.8 Å². The third-order valence-corrected chi connectivity index (χ3v) is 5.07. The Morgan fingerprint density at radius 1 is 1.61 bits per heavy atom. The standard InChI is InChI=1S/C12H14BrN3OS/c1-16-5-3-12(8-14,4-6-16)15-11(17)10-9(13)2-7-18-10/h2,7H,3-6H2,1H3,(H,15,17). The van der Waals surface area contributed by atoms with Gasteiger partial charge in [0.15, 0.2) is 0 Å². The smallest absolute Gasteiger partial charge is 0.263 e. The third-order valence-electron chi connectivity index (χ3n) is 3.23. The van der Waals surface area contributed by atoms with E-state index in [0.717, 1.165) is 17.6 Å². The van der Waals surface area contributed by atoms with E-state index in [1.807, 2.05) is 18.5 Å². The Labute approximate surface area is 119 Å². The van der Waals surface area contributed by atoms with E-state index in [1.54, 1.807) is 0 Å². The van der Waals surface area contributed by atoms with Gasteiger partial charge in [-0.15, -0.1) is 11.3 Å². The number of piperidine rings is 1. The second-order valence-corrected chi connectivity index (χ2v) is 6.32. The fourth-order valence-electron chi connectivity index (χ4n) is 1.99. The summed E-state index contributed by atoms with van der Waals surface area (Å²) in [6.45, 7) is 1.67. The van der Waals surface area contributed by atoms with Crippen LogP contribution in [0.15, 0.2) is 15.9 Å². The van der Waals surface area contributed by atoms with E-state index < -0.39 is 5.54 Å². The molecule has 0 aliphatic carbocycles. The average Bonchev–Trinajstić information content (AvgIpc) is 2.79. The molecule has 2 heterocycles. The lowest BCUT2D eigenvalue weighted by Gasteiger charge is -2.35. The summed E-state index contributed by atoms with van der Waals surface area (Å²) in [5, 5.41) is 14.1. The lowest BCUT2D eigenvalue weighted by molar-refractivity contribution is 0.0885. The molecule has 2 rings (SSSR count). The first-order valence-electron chi connectivity index (χ1n) is 5.72. The molecule has 1 aromatic rings. The highest BCUT2D eigenvalue weighted by Gasteiger charge is 2.35. The van der Waals surface area contributed by atoms with E-state index in [9.17, 15) is 10.1 Å². The summed E-state index contributed by atoms with van der Waals surface area (Å²) >= 11 is 4.72. The van der Waals surface area contributed by atoms with Crippen LogP contribution in [-0.2, 0) is 0 Å². The van der Waals surface area contributed by atoms with Gasteiger partial charge in [0.2, 0.25) is 0 Å². The van der Waals surface area contributed by atoms with Crippen LogP contribution in [0.25, 0.3) is 0 Å². The molecule has 1 saturated heterocycles. The van der Waals surface area contributed by atoms with Gasteiger partial charge >= 0.3 is 0 Å². The van der Waals surface area contributed by atoms with E-state index >= 15 is 0 Å². The first-order valence-corrected chi connectivity index (χ1v) is 7.39. The first kappa shape index (κ1) is 13.5. The fraction of sp³-hybridized carbons (Fsp3) is 0.500. The van der Waals surface area contributed by atoms with Crippen LogP contribution < -0.4 is 5.32 Å². The minimum absolute atomic E-state index is 0.164. The normalized spacial score (nSPS) is 19.2. The molecular weight excluding hydrogens is 314 g/mol. The Bertz CT molecular complexity index is 486. The number of thiophene rings is 1. The Morgan fingerprint density at radius 3 is 2.78 bits per heavy atom. The Hall–Kier alpha value is -0.900. The Morgan fingerprint density at radius 2 is 2.28 bits per heavy atom. The zero-order valence-electron chi connectivity index (χ0n) is 10.1. The lowest BCUT2D eigenvalue weighted by atomic mass is 9.89. The summed E-state index contributed by atoms with van der Waals surface area (Å²) in [5.74, 6) is -0.164. The second kappa shape index (κ2) is 5.39. The van der Waals surface area contributed by atoms with E-state index in [2.05, 4.69) is 32.2 Å². The van der Waals surface area contributed by atoms with Gasteiger partial charge in [0.25, 0.3) is 5.91 Å². The Balaban J connectivity index is 2.10. The first-order chi connectivity index (χ1) is 8.56. The van der Waals surface area contributed by atoms with Gasteiger partial charge in [-0.25, -0.2) is 0 Å². The summed E-state index contributed by atoms with van der Waals surface area (Å²) in [6, 6.07) is 4.12. The molecule has 0 spiro atoms.